The molecule has 0 bridgehead atoms. The molecule has 0 atom stereocenters. The summed E-state index contributed by atoms with van der Waals surface area (Å²) in [4.78, 5) is 0. The van der Waals surface area contributed by atoms with E-state index in [0.717, 1.165) is 0 Å². The summed E-state index contributed by atoms with van der Waals surface area (Å²) in [6, 6.07) is 9.38. The number of halogens is 1. The molecule has 1 heteroatoms. The van der Waals surface area contributed by atoms with Crippen LogP contribution in [0.5, 0.6) is 0 Å². The molecule has 0 N–H and O–H groups in total. The highest BCUT2D eigenvalue weighted by molar-refractivity contribution is 14.1. The van der Waals surface area contributed by atoms with Crippen molar-refractivity contribution in [3.8, 4) is 0 Å². The van der Waals surface area contributed by atoms with Gasteiger partial charge in [0.25, 0.3) is 0 Å². The third kappa shape index (κ3) is 2.29. The summed E-state index contributed by atoms with van der Waals surface area (Å²) < 4.78 is 1.28. The zero-order valence-electron chi connectivity index (χ0n) is 6.02. The lowest BCUT2D eigenvalue weighted by Crippen LogP contribution is -1.82. The van der Waals surface area contributed by atoms with Crippen LogP contribution in [-0.2, 0) is 6.42 Å². The number of benzene rings is 1. The largest absolute Gasteiger partial charge is 0.0651 e. The molecule has 0 aromatic heterocycles. The molecule has 0 aliphatic carbocycles. The first-order valence-electron chi connectivity index (χ1n) is 3.48. The summed E-state index contributed by atoms with van der Waals surface area (Å²) >= 11 is 2.31. The zero-order valence-corrected chi connectivity index (χ0v) is 8.18. The molecule has 1 aromatic rings. The molecule has 0 amide bonds. The molecule has 1 radical (unpaired) electrons. The Morgan fingerprint density at radius 2 is 2.30 bits per heavy atom. The van der Waals surface area contributed by atoms with Crippen LogP contribution in [0.3, 0.4) is 0 Å². The summed E-state index contributed by atoms with van der Waals surface area (Å²) in [6.45, 7) is 2.19. The number of hydrogen-bond donors (Lipinski definition) is 0. The van der Waals surface area contributed by atoms with E-state index in [9.17, 15) is 0 Å². The Bertz CT molecular complexity index is 206. The lowest BCUT2D eigenvalue weighted by Gasteiger charge is -1.96. The summed E-state index contributed by atoms with van der Waals surface area (Å²) in [6.07, 6.45) is 2.39. The minimum Gasteiger partial charge on any atom is -0.0651 e. The molecule has 1 rings (SSSR count). The quantitative estimate of drug-likeness (QED) is 0.702. The van der Waals surface area contributed by atoms with E-state index < -0.39 is 0 Å². The average Bonchev–Trinajstić information content (AvgIpc) is 1.88. The molecule has 0 nitrogen and oxygen atoms in total. The van der Waals surface area contributed by atoms with Gasteiger partial charge in [-0.05, 0) is 52.8 Å². The number of aryl methyl sites for hydroxylation is 1. The molecule has 0 unspecified atom stereocenters. The Balaban J connectivity index is 2.75. The molecule has 0 aliphatic heterocycles. The van der Waals surface area contributed by atoms with Crippen LogP contribution >= 0.6 is 22.6 Å². The maximum Gasteiger partial charge on any atom is 0.0139 e. The van der Waals surface area contributed by atoms with Crippen molar-refractivity contribution in [2.75, 3.05) is 0 Å². The van der Waals surface area contributed by atoms with E-state index >= 15 is 0 Å². The molecule has 0 saturated carbocycles. The smallest absolute Gasteiger partial charge is 0.0139 e. The second-order valence-corrected chi connectivity index (χ2v) is 3.56. The van der Waals surface area contributed by atoms with E-state index in [4.69, 9.17) is 0 Å². The molecule has 0 heterocycles. The van der Waals surface area contributed by atoms with Gasteiger partial charge in [0.1, 0.15) is 0 Å². The molecule has 0 fully saturated rings. The van der Waals surface area contributed by atoms with E-state index in [1.54, 1.807) is 0 Å². The first-order chi connectivity index (χ1) is 4.83. The van der Waals surface area contributed by atoms with Gasteiger partial charge in [-0.1, -0.05) is 19.4 Å². The molecule has 0 aliphatic rings. The number of rotatable bonds is 2. The van der Waals surface area contributed by atoms with E-state index in [0.29, 0.717) is 0 Å². The maximum absolute atomic E-state index is 3.11. The second-order valence-electron chi connectivity index (χ2n) is 2.31. The summed E-state index contributed by atoms with van der Waals surface area (Å²) in [5.74, 6) is 0. The Kier molecular flexibility index (Phi) is 3.19. The van der Waals surface area contributed by atoms with Crippen molar-refractivity contribution >= 4 is 22.6 Å². The topological polar surface area (TPSA) is 0 Å². The van der Waals surface area contributed by atoms with E-state index in [1.165, 1.54) is 22.0 Å². The van der Waals surface area contributed by atoms with Crippen molar-refractivity contribution in [1.82, 2.24) is 0 Å². The van der Waals surface area contributed by atoms with Crippen LogP contribution in [0.25, 0.3) is 0 Å². The van der Waals surface area contributed by atoms with Crippen LogP contribution in [0.2, 0.25) is 0 Å². The zero-order chi connectivity index (χ0) is 7.40. The predicted molar refractivity (Wildman–Crippen MR) is 52.0 cm³/mol. The first kappa shape index (κ1) is 8.05. The van der Waals surface area contributed by atoms with Crippen molar-refractivity contribution in [1.29, 1.82) is 0 Å². The highest BCUT2D eigenvalue weighted by Gasteiger charge is 1.90. The predicted octanol–water partition coefficient (Wildman–Crippen LogP) is 3.04. The van der Waals surface area contributed by atoms with Gasteiger partial charge in [0.2, 0.25) is 0 Å². The van der Waals surface area contributed by atoms with Crippen molar-refractivity contribution in [3.63, 3.8) is 0 Å². The van der Waals surface area contributed by atoms with E-state index in [-0.39, 0.29) is 0 Å². The van der Waals surface area contributed by atoms with Crippen LogP contribution in [0.15, 0.2) is 18.2 Å². The minimum absolute atomic E-state index is 1.17. The van der Waals surface area contributed by atoms with Gasteiger partial charge < -0.3 is 0 Å². The van der Waals surface area contributed by atoms with Gasteiger partial charge in [0, 0.05) is 3.57 Å². The highest BCUT2D eigenvalue weighted by Crippen LogP contribution is 2.08. The normalized spacial score (nSPS) is 9.80. The summed E-state index contributed by atoms with van der Waals surface area (Å²) in [7, 11) is 0. The van der Waals surface area contributed by atoms with Crippen LogP contribution in [0.4, 0.5) is 0 Å². The Hall–Kier alpha value is -0.0500. The molecular weight excluding hydrogens is 235 g/mol. The third-order valence-electron chi connectivity index (χ3n) is 1.35. The van der Waals surface area contributed by atoms with Crippen molar-refractivity contribution in [3.05, 3.63) is 33.4 Å². The highest BCUT2D eigenvalue weighted by atomic mass is 127. The van der Waals surface area contributed by atoms with Crippen LogP contribution in [0.1, 0.15) is 18.9 Å². The molecule has 53 valence electrons. The van der Waals surface area contributed by atoms with Gasteiger partial charge in [-0.3, -0.25) is 0 Å². The molecule has 0 saturated heterocycles. The van der Waals surface area contributed by atoms with Crippen LogP contribution < -0.4 is 0 Å². The summed E-state index contributed by atoms with van der Waals surface area (Å²) in [5.41, 5.74) is 1.40. The fourth-order valence-corrected chi connectivity index (χ4v) is 1.50. The second kappa shape index (κ2) is 3.96. The lowest BCUT2D eigenvalue weighted by atomic mass is 10.1. The van der Waals surface area contributed by atoms with E-state index in [2.05, 4.69) is 47.7 Å². The fourth-order valence-electron chi connectivity index (χ4n) is 0.922. The molecule has 0 spiro atoms. The van der Waals surface area contributed by atoms with Gasteiger partial charge >= 0.3 is 0 Å². The van der Waals surface area contributed by atoms with Gasteiger partial charge in [0.15, 0.2) is 0 Å². The lowest BCUT2D eigenvalue weighted by molar-refractivity contribution is 0.920. The Morgan fingerprint density at radius 1 is 1.50 bits per heavy atom. The average molecular weight is 245 g/mol. The van der Waals surface area contributed by atoms with Gasteiger partial charge in [0.05, 0.1) is 0 Å². The third-order valence-corrected chi connectivity index (χ3v) is 1.97. The molecule has 10 heavy (non-hydrogen) atoms. The van der Waals surface area contributed by atoms with Gasteiger partial charge in [-0.25, -0.2) is 0 Å². The monoisotopic (exact) mass is 245 g/mol. The first-order valence-corrected chi connectivity index (χ1v) is 4.56. The van der Waals surface area contributed by atoms with Crippen molar-refractivity contribution in [2.24, 2.45) is 0 Å². The standard InChI is InChI=1S/C9H10I/c1-2-4-8-5-3-6-9(10)7-8/h5-7H,2,4H2,1H3. The minimum atomic E-state index is 1.17. The van der Waals surface area contributed by atoms with E-state index in [1.807, 2.05) is 6.07 Å². The molecular formula is C9H10I. The molecule has 1 aromatic carbocycles. The fraction of sp³-hybridized carbons (Fsp3) is 0.333. The van der Waals surface area contributed by atoms with Gasteiger partial charge in [-0.2, -0.15) is 0 Å². The SMILES string of the molecule is CCCc1c[c]cc(I)c1. The van der Waals surface area contributed by atoms with Crippen LogP contribution in [-0.4, -0.2) is 0 Å². The van der Waals surface area contributed by atoms with Gasteiger partial charge in [-0.15, -0.1) is 0 Å². The Labute approximate surface area is 75.8 Å². The Morgan fingerprint density at radius 3 is 2.90 bits per heavy atom. The van der Waals surface area contributed by atoms with Crippen molar-refractivity contribution < 1.29 is 0 Å². The van der Waals surface area contributed by atoms with Crippen molar-refractivity contribution in [2.45, 2.75) is 19.8 Å². The summed E-state index contributed by atoms with van der Waals surface area (Å²) in [5, 5.41) is 0. The van der Waals surface area contributed by atoms with Crippen LogP contribution in [0, 0.1) is 9.64 Å². The number of hydrogen-bond acceptors (Lipinski definition) is 0. The maximum atomic E-state index is 3.11.